The Balaban J connectivity index is 2.29. The molecule has 3 nitrogen and oxygen atoms in total. The van der Waals surface area contributed by atoms with Crippen molar-refractivity contribution >= 4 is 0 Å². The minimum absolute atomic E-state index is 0.307. The van der Waals surface area contributed by atoms with Gasteiger partial charge in [-0.2, -0.15) is 0 Å². The van der Waals surface area contributed by atoms with Gasteiger partial charge < -0.3 is 15.2 Å². The summed E-state index contributed by atoms with van der Waals surface area (Å²) in [5.41, 5.74) is 1.20. The van der Waals surface area contributed by atoms with Crippen LogP contribution in [-0.4, -0.2) is 24.9 Å². The Morgan fingerprint density at radius 3 is 2.67 bits per heavy atom. The average molecular weight is 249 g/mol. The Morgan fingerprint density at radius 1 is 1.33 bits per heavy atom. The van der Waals surface area contributed by atoms with Crippen molar-refractivity contribution in [2.75, 3.05) is 19.8 Å². The highest BCUT2D eigenvalue weighted by molar-refractivity contribution is 5.27. The SMILES string of the molecule is C=CCCOCCNC(CC)c1ccc(O)cc1. The number of rotatable bonds is 9. The summed E-state index contributed by atoms with van der Waals surface area (Å²) >= 11 is 0. The summed E-state index contributed by atoms with van der Waals surface area (Å²) in [4.78, 5) is 0. The summed E-state index contributed by atoms with van der Waals surface area (Å²) in [6, 6.07) is 7.67. The van der Waals surface area contributed by atoms with E-state index in [0.717, 1.165) is 26.0 Å². The van der Waals surface area contributed by atoms with Crippen LogP contribution in [0.2, 0.25) is 0 Å². The minimum atomic E-state index is 0.307. The fraction of sp³-hybridized carbons (Fsp3) is 0.467. The number of aromatic hydroxyl groups is 1. The predicted octanol–water partition coefficient (Wildman–Crippen LogP) is 3.03. The number of phenols is 1. The van der Waals surface area contributed by atoms with Crippen molar-refractivity contribution in [1.29, 1.82) is 0 Å². The number of benzene rings is 1. The van der Waals surface area contributed by atoms with E-state index in [-0.39, 0.29) is 0 Å². The summed E-state index contributed by atoms with van der Waals surface area (Å²) in [5.74, 6) is 0.307. The lowest BCUT2D eigenvalue weighted by Crippen LogP contribution is -2.25. The van der Waals surface area contributed by atoms with Crippen LogP contribution in [-0.2, 0) is 4.74 Å². The van der Waals surface area contributed by atoms with E-state index >= 15 is 0 Å². The molecule has 1 aromatic carbocycles. The molecule has 0 saturated carbocycles. The molecular formula is C15H23NO2. The molecule has 1 atom stereocenters. The van der Waals surface area contributed by atoms with Crippen molar-refractivity contribution in [2.45, 2.75) is 25.8 Å². The lowest BCUT2D eigenvalue weighted by atomic mass is 10.0. The second-order valence-corrected chi connectivity index (χ2v) is 4.20. The molecule has 0 bridgehead atoms. The van der Waals surface area contributed by atoms with Crippen molar-refractivity contribution in [1.82, 2.24) is 5.32 Å². The van der Waals surface area contributed by atoms with Gasteiger partial charge in [0.25, 0.3) is 0 Å². The van der Waals surface area contributed by atoms with Gasteiger partial charge in [0.15, 0.2) is 0 Å². The number of phenolic OH excluding ortho intramolecular Hbond substituents is 1. The standard InChI is InChI=1S/C15H23NO2/c1-3-5-11-18-12-10-16-15(4-2)13-6-8-14(17)9-7-13/h3,6-9,15-17H,1,4-5,10-12H2,2H3. The maximum atomic E-state index is 9.26. The summed E-state index contributed by atoms with van der Waals surface area (Å²) in [6.45, 7) is 8.07. The average Bonchev–Trinajstić information content (AvgIpc) is 2.39. The van der Waals surface area contributed by atoms with E-state index in [4.69, 9.17) is 4.74 Å². The second-order valence-electron chi connectivity index (χ2n) is 4.20. The van der Waals surface area contributed by atoms with Gasteiger partial charge in [-0.05, 0) is 30.5 Å². The maximum Gasteiger partial charge on any atom is 0.115 e. The van der Waals surface area contributed by atoms with Crippen molar-refractivity contribution in [3.05, 3.63) is 42.5 Å². The summed E-state index contributed by atoms with van der Waals surface area (Å²) in [7, 11) is 0. The quantitative estimate of drug-likeness (QED) is 0.522. The molecule has 2 N–H and O–H groups in total. The van der Waals surface area contributed by atoms with Crippen LogP contribution in [0, 0.1) is 0 Å². The molecule has 0 aliphatic carbocycles. The molecule has 0 amide bonds. The molecule has 0 fully saturated rings. The van der Waals surface area contributed by atoms with Crippen molar-refractivity contribution < 1.29 is 9.84 Å². The Kier molecular flexibility index (Phi) is 7.14. The van der Waals surface area contributed by atoms with Gasteiger partial charge in [-0.1, -0.05) is 25.1 Å². The zero-order chi connectivity index (χ0) is 13.2. The smallest absolute Gasteiger partial charge is 0.115 e. The van der Waals surface area contributed by atoms with Crippen LogP contribution in [0.5, 0.6) is 5.75 Å². The summed E-state index contributed by atoms with van der Waals surface area (Å²) in [5, 5.41) is 12.7. The molecule has 1 rings (SSSR count). The third-order valence-electron chi connectivity index (χ3n) is 2.81. The number of nitrogens with one attached hydrogen (secondary N) is 1. The third kappa shape index (κ3) is 5.34. The Morgan fingerprint density at radius 2 is 2.06 bits per heavy atom. The molecule has 0 heterocycles. The summed E-state index contributed by atoms with van der Waals surface area (Å²) in [6.07, 6.45) is 3.77. The van der Waals surface area contributed by atoms with Crippen LogP contribution in [0.25, 0.3) is 0 Å². The van der Waals surface area contributed by atoms with E-state index < -0.39 is 0 Å². The first kappa shape index (κ1) is 14.7. The molecule has 0 radical (unpaired) electrons. The highest BCUT2D eigenvalue weighted by Gasteiger charge is 2.07. The predicted molar refractivity (Wildman–Crippen MR) is 74.8 cm³/mol. The normalized spacial score (nSPS) is 12.3. The van der Waals surface area contributed by atoms with E-state index in [0.29, 0.717) is 18.4 Å². The zero-order valence-corrected chi connectivity index (χ0v) is 11.1. The molecule has 0 aliphatic heterocycles. The molecule has 0 aliphatic rings. The Hall–Kier alpha value is -1.32. The number of hydrogen-bond acceptors (Lipinski definition) is 3. The second kappa shape index (κ2) is 8.72. The van der Waals surface area contributed by atoms with Gasteiger partial charge in [-0.15, -0.1) is 6.58 Å². The summed E-state index contributed by atoms with van der Waals surface area (Å²) < 4.78 is 5.45. The van der Waals surface area contributed by atoms with Crippen LogP contribution >= 0.6 is 0 Å². The van der Waals surface area contributed by atoms with Crippen LogP contribution in [0.3, 0.4) is 0 Å². The van der Waals surface area contributed by atoms with Gasteiger partial charge in [-0.3, -0.25) is 0 Å². The maximum absolute atomic E-state index is 9.26. The van der Waals surface area contributed by atoms with Gasteiger partial charge in [0.05, 0.1) is 13.2 Å². The first-order chi connectivity index (χ1) is 8.77. The molecule has 0 spiro atoms. The van der Waals surface area contributed by atoms with Crippen molar-refractivity contribution in [3.8, 4) is 5.75 Å². The van der Waals surface area contributed by atoms with Gasteiger partial charge >= 0.3 is 0 Å². The van der Waals surface area contributed by atoms with E-state index in [1.54, 1.807) is 12.1 Å². The van der Waals surface area contributed by atoms with Gasteiger partial charge in [0, 0.05) is 12.6 Å². The largest absolute Gasteiger partial charge is 0.508 e. The van der Waals surface area contributed by atoms with Crippen molar-refractivity contribution in [2.24, 2.45) is 0 Å². The number of ether oxygens (including phenoxy) is 1. The van der Waals surface area contributed by atoms with Crippen LogP contribution in [0.15, 0.2) is 36.9 Å². The zero-order valence-electron chi connectivity index (χ0n) is 11.1. The molecule has 100 valence electrons. The topological polar surface area (TPSA) is 41.5 Å². The monoisotopic (exact) mass is 249 g/mol. The van der Waals surface area contributed by atoms with Crippen molar-refractivity contribution in [3.63, 3.8) is 0 Å². The van der Waals surface area contributed by atoms with E-state index in [1.165, 1.54) is 5.56 Å². The first-order valence-electron chi connectivity index (χ1n) is 6.49. The molecule has 3 heteroatoms. The van der Waals surface area contributed by atoms with E-state index in [9.17, 15) is 5.11 Å². The van der Waals surface area contributed by atoms with E-state index in [2.05, 4.69) is 18.8 Å². The molecule has 1 unspecified atom stereocenters. The fourth-order valence-electron chi connectivity index (χ4n) is 1.78. The van der Waals surface area contributed by atoms with Gasteiger partial charge in [0.2, 0.25) is 0 Å². The van der Waals surface area contributed by atoms with Gasteiger partial charge in [-0.25, -0.2) is 0 Å². The Labute approximate surface area is 109 Å². The first-order valence-corrected chi connectivity index (χ1v) is 6.49. The fourth-order valence-corrected chi connectivity index (χ4v) is 1.78. The lowest BCUT2D eigenvalue weighted by molar-refractivity contribution is 0.138. The minimum Gasteiger partial charge on any atom is -0.508 e. The molecule has 1 aromatic rings. The highest BCUT2D eigenvalue weighted by atomic mass is 16.5. The van der Waals surface area contributed by atoms with Crippen LogP contribution in [0.1, 0.15) is 31.4 Å². The number of hydrogen-bond donors (Lipinski definition) is 2. The van der Waals surface area contributed by atoms with Gasteiger partial charge in [0.1, 0.15) is 5.75 Å². The highest BCUT2D eigenvalue weighted by Crippen LogP contribution is 2.19. The molecular weight excluding hydrogens is 226 g/mol. The molecule has 0 saturated heterocycles. The van der Waals surface area contributed by atoms with Crippen LogP contribution in [0.4, 0.5) is 0 Å². The van der Waals surface area contributed by atoms with Crippen LogP contribution < -0.4 is 5.32 Å². The molecule has 0 aromatic heterocycles. The third-order valence-corrected chi connectivity index (χ3v) is 2.81. The van der Waals surface area contributed by atoms with E-state index in [1.807, 2.05) is 18.2 Å². The molecule has 18 heavy (non-hydrogen) atoms. The Bertz CT molecular complexity index is 335. The lowest BCUT2D eigenvalue weighted by Gasteiger charge is -2.17.